The Labute approximate surface area is 172 Å². The molecule has 0 aromatic carbocycles. The van der Waals surface area contributed by atoms with Gasteiger partial charge in [-0.15, -0.1) is 0 Å². The molecule has 0 aliphatic rings. The van der Waals surface area contributed by atoms with E-state index in [4.69, 9.17) is 0 Å². The van der Waals surface area contributed by atoms with Crippen LogP contribution in [0.25, 0.3) is 0 Å². The first kappa shape index (κ1) is 26.7. The highest BCUT2D eigenvalue weighted by atomic mass is 16.1. The largest absolute Gasteiger partial charge is 0.303 e. The zero-order chi connectivity index (χ0) is 20.1. The number of carbonyl (C=O) groups is 1. The molecule has 0 bridgehead atoms. The summed E-state index contributed by atoms with van der Waals surface area (Å²) in [6.45, 7) is 7.07. The molecule has 162 valence electrons. The molecule has 1 nitrogen and oxygen atoms in total. The van der Waals surface area contributed by atoms with Gasteiger partial charge in [0.1, 0.15) is 6.29 Å². The molecule has 0 fully saturated rings. The number of unbranched alkanes of at least 4 members (excludes halogenated alkanes) is 19. The average Bonchev–Trinajstić information content (AvgIpc) is 2.62. The Morgan fingerprint density at radius 2 is 0.704 bits per heavy atom. The SMILES string of the molecule is CC(C)(C)CCCCCCCCCCCCCCCCCCCCCC=O. The lowest BCUT2D eigenvalue weighted by Gasteiger charge is -2.17. The second kappa shape index (κ2) is 20.4. The van der Waals surface area contributed by atoms with E-state index in [9.17, 15) is 4.79 Å². The maximum atomic E-state index is 10.2. The van der Waals surface area contributed by atoms with Crippen LogP contribution in [0.2, 0.25) is 0 Å². The van der Waals surface area contributed by atoms with Crippen LogP contribution in [0, 0.1) is 5.41 Å². The van der Waals surface area contributed by atoms with E-state index in [1.54, 1.807) is 0 Å². The summed E-state index contributed by atoms with van der Waals surface area (Å²) >= 11 is 0. The second-order valence-electron chi connectivity index (χ2n) is 9.98. The summed E-state index contributed by atoms with van der Waals surface area (Å²) in [5.41, 5.74) is 0.526. The smallest absolute Gasteiger partial charge is 0.119 e. The summed E-state index contributed by atoms with van der Waals surface area (Å²) in [5, 5.41) is 0. The van der Waals surface area contributed by atoms with Crippen molar-refractivity contribution in [2.75, 3.05) is 0 Å². The lowest BCUT2D eigenvalue weighted by molar-refractivity contribution is -0.107. The monoisotopic (exact) mass is 380 g/mol. The summed E-state index contributed by atoms with van der Waals surface area (Å²) in [6.07, 6.45) is 29.9. The van der Waals surface area contributed by atoms with E-state index < -0.39 is 0 Å². The van der Waals surface area contributed by atoms with E-state index >= 15 is 0 Å². The third-order valence-corrected chi connectivity index (χ3v) is 5.75. The van der Waals surface area contributed by atoms with Gasteiger partial charge in [0.05, 0.1) is 0 Å². The van der Waals surface area contributed by atoms with Crippen molar-refractivity contribution in [3.63, 3.8) is 0 Å². The van der Waals surface area contributed by atoms with E-state index in [-0.39, 0.29) is 0 Å². The Bertz CT molecular complexity index is 289. The molecule has 0 aliphatic heterocycles. The highest BCUT2D eigenvalue weighted by Gasteiger charge is 2.08. The van der Waals surface area contributed by atoms with Crippen LogP contribution < -0.4 is 0 Å². The fourth-order valence-corrected chi connectivity index (χ4v) is 3.89. The van der Waals surface area contributed by atoms with Crippen LogP contribution in [-0.4, -0.2) is 6.29 Å². The van der Waals surface area contributed by atoms with E-state index in [0.29, 0.717) is 5.41 Å². The van der Waals surface area contributed by atoms with Crippen molar-refractivity contribution in [3.05, 3.63) is 0 Å². The molecule has 0 unspecified atom stereocenters. The van der Waals surface area contributed by atoms with Gasteiger partial charge in [0.25, 0.3) is 0 Å². The number of hydrogen-bond donors (Lipinski definition) is 0. The summed E-state index contributed by atoms with van der Waals surface area (Å²) in [4.78, 5) is 10.2. The van der Waals surface area contributed by atoms with Crippen molar-refractivity contribution >= 4 is 6.29 Å². The normalized spacial score (nSPS) is 11.8. The molecule has 0 aliphatic carbocycles. The van der Waals surface area contributed by atoms with Crippen molar-refractivity contribution in [3.8, 4) is 0 Å². The number of hydrogen-bond acceptors (Lipinski definition) is 1. The predicted octanol–water partition coefficient (Wildman–Crippen LogP) is 9.42. The molecule has 0 rings (SSSR count). The third-order valence-electron chi connectivity index (χ3n) is 5.75. The molecule has 0 aromatic heterocycles. The minimum Gasteiger partial charge on any atom is -0.303 e. The molecule has 1 heteroatoms. The fraction of sp³-hybridized carbons (Fsp3) is 0.962. The highest BCUT2D eigenvalue weighted by molar-refractivity contribution is 5.48. The van der Waals surface area contributed by atoms with Gasteiger partial charge < -0.3 is 4.79 Å². The fourth-order valence-electron chi connectivity index (χ4n) is 3.89. The molecule has 0 spiro atoms. The van der Waals surface area contributed by atoms with Crippen molar-refractivity contribution in [2.24, 2.45) is 5.41 Å². The molecule has 0 atom stereocenters. The predicted molar refractivity (Wildman–Crippen MR) is 122 cm³/mol. The number of carbonyl (C=O) groups excluding carboxylic acids is 1. The Hall–Kier alpha value is -0.330. The van der Waals surface area contributed by atoms with Crippen LogP contribution in [0.5, 0.6) is 0 Å². The van der Waals surface area contributed by atoms with Gasteiger partial charge in [0, 0.05) is 6.42 Å². The minimum atomic E-state index is 0.526. The van der Waals surface area contributed by atoms with Crippen molar-refractivity contribution in [2.45, 2.75) is 156 Å². The summed E-state index contributed by atoms with van der Waals surface area (Å²) in [6, 6.07) is 0. The van der Waals surface area contributed by atoms with Gasteiger partial charge in [-0.2, -0.15) is 0 Å². The lowest BCUT2D eigenvalue weighted by atomic mass is 9.89. The van der Waals surface area contributed by atoms with Crippen LogP contribution >= 0.6 is 0 Å². The third kappa shape index (κ3) is 25.7. The van der Waals surface area contributed by atoms with Gasteiger partial charge in [-0.25, -0.2) is 0 Å². The maximum absolute atomic E-state index is 10.2. The van der Waals surface area contributed by atoms with Crippen molar-refractivity contribution in [1.82, 2.24) is 0 Å². The van der Waals surface area contributed by atoms with Crippen LogP contribution in [-0.2, 0) is 4.79 Å². The molecule has 0 amide bonds. The van der Waals surface area contributed by atoms with Gasteiger partial charge in [-0.1, -0.05) is 136 Å². The van der Waals surface area contributed by atoms with Gasteiger partial charge in [0.15, 0.2) is 0 Å². The first-order valence-electron chi connectivity index (χ1n) is 12.5. The van der Waals surface area contributed by atoms with E-state index in [1.165, 1.54) is 122 Å². The average molecular weight is 381 g/mol. The van der Waals surface area contributed by atoms with Crippen LogP contribution in [0.15, 0.2) is 0 Å². The summed E-state index contributed by atoms with van der Waals surface area (Å²) < 4.78 is 0. The van der Waals surface area contributed by atoms with E-state index in [1.807, 2.05) is 0 Å². The van der Waals surface area contributed by atoms with Crippen LogP contribution in [0.4, 0.5) is 0 Å². The van der Waals surface area contributed by atoms with Gasteiger partial charge in [-0.3, -0.25) is 0 Å². The van der Waals surface area contributed by atoms with Gasteiger partial charge in [0.2, 0.25) is 0 Å². The van der Waals surface area contributed by atoms with Gasteiger partial charge in [-0.05, 0) is 18.3 Å². The molecule has 0 saturated carbocycles. The quantitative estimate of drug-likeness (QED) is 0.143. The van der Waals surface area contributed by atoms with E-state index in [2.05, 4.69) is 20.8 Å². The zero-order valence-electron chi connectivity index (χ0n) is 19.3. The highest BCUT2D eigenvalue weighted by Crippen LogP contribution is 2.22. The first-order valence-corrected chi connectivity index (χ1v) is 12.5. The van der Waals surface area contributed by atoms with E-state index in [0.717, 1.165) is 19.1 Å². The number of aldehydes is 1. The molecular weight excluding hydrogens is 328 g/mol. The Morgan fingerprint density at radius 3 is 0.963 bits per heavy atom. The molecule has 0 aromatic rings. The summed E-state index contributed by atoms with van der Waals surface area (Å²) in [5.74, 6) is 0. The number of rotatable bonds is 21. The molecule has 0 radical (unpaired) electrons. The molecule has 0 saturated heterocycles. The maximum Gasteiger partial charge on any atom is 0.119 e. The topological polar surface area (TPSA) is 17.1 Å². The minimum absolute atomic E-state index is 0.526. The lowest BCUT2D eigenvalue weighted by Crippen LogP contribution is -2.03. The molecular formula is C26H52O. The molecule has 0 N–H and O–H groups in total. The Balaban J connectivity index is 3.02. The Morgan fingerprint density at radius 1 is 0.444 bits per heavy atom. The molecule has 0 heterocycles. The van der Waals surface area contributed by atoms with Gasteiger partial charge >= 0.3 is 0 Å². The zero-order valence-corrected chi connectivity index (χ0v) is 19.3. The Kier molecular flexibility index (Phi) is 20.2. The van der Waals surface area contributed by atoms with Crippen LogP contribution in [0.3, 0.4) is 0 Å². The van der Waals surface area contributed by atoms with Crippen molar-refractivity contribution in [1.29, 1.82) is 0 Å². The molecule has 27 heavy (non-hydrogen) atoms. The second-order valence-corrected chi connectivity index (χ2v) is 9.98. The standard InChI is InChI=1S/C26H52O/c1-26(2,3)24-22-20-18-16-14-12-10-8-6-4-5-7-9-11-13-15-17-19-21-23-25-27/h25H,4-24H2,1-3H3. The first-order chi connectivity index (χ1) is 13.1. The van der Waals surface area contributed by atoms with Crippen molar-refractivity contribution < 1.29 is 4.79 Å². The van der Waals surface area contributed by atoms with Crippen LogP contribution in [0.1, 0.15) is 156 Å². The summed E-state index contributed by atoms with van der Waals surface area (Å²) in [7, 11) is 0.